The van der Waals surface area contributed by atoms with Crippen LogP contribution in [0.1, 0.15) is 20.8 Å². The summed E-state index contributed by atoms with van der Waals surface area (Å²) < 4.78 is 24.8. The molecule has 4 nitrogen and oxygen atoms in total. The van der Waals surface area contributed by atoms with Gasteiger partial charge in [0.05, 0.1) is 5.25 Å². The van der Waals surface area contributed by atoms with Gasteiger partial charge in [0.2, 0.25) is 5.91 Å². The molecule has 0 aliphatic carbocycles. The van der Waals surface area contributed by atoms with Gasteiger partial charge in [-0.3, -0.25) is 4.79 Å². The lowest BCUT2D eigenvalue weighted by Crippen LogP contribution is -2.36. The van der Waals surface area contributed by atoms with Gasteiger partial charge in [0, 0.05) is 9.26 Å². The fourth-order valence-corrected chi connectivity index (χ4v) is 2.87. The quantitative estimate of drug-likeness (QED) is 0.815. The van der Waals surface area contributed by atoms with E-state index in [1.165, 1.54) is 6.92 Å². The number of amides is 1. The molecule has 0 bridgehead atoms. The van der Waals surface area contributed by atoms with E-state index in [1.54, 1.807) is 26.0 Å². The maximum atomic E-state index is 11.9. The predicted molar refractivity (Wildman–Crippen MR) is 81.3 cm³/mol. The Balaban J connectivity index is 2.81. The molecule has 18 heavy (non-hydrogen) atoms. The fraction of sp³-hybridized carbons (Fsp3) is 0.417. The largest absolute Gasteiger partial charge is 0.325 e. The summed E-state index contributed by atoms with van der Waals surface area (Å²) in [5.41, 5.74) is 0.603. The Labute approximate surface area is 121 Å². The summed E-state index contributed by atoms with van der Waals surface area (Å²) >= 11 is 2.16. The van der Waals surface area contributed by atoms with Gasteiger partial charge in [0.15, 0.2) is 9.84 Å². The maximum absolute atomic E-state index is 11.9. The summed E-state index contributed by atoms with van der Waals surface area (Å²) in [4.78, 5) is 11.9. The molecule has 100 valence electrons. The molecule has 0 spiro atoms. The van der Waals surface area contributed by atoms with E-state index in [0.29, 0.717) is 5.69 Å². The third-order valence-corrected chi connectivity index (χ3v) is 5.86. The molecule has 0 aliphatic rings. The molecule has 1 aromatic rings. The van der Waals surface area contributed by atoms with Crippen molar-refractivity contribution in [2.75, 3.05) is 5.32 Å². The Morgan fingerprint density at radius 1 is 1.17 bits per heavy atom. The highest BCUT2D eigenvalue weighted by Gasteiger charge is 2.30. The molecule has 0 fully saturated rings. The molecule has 1 aromatic carbocycles. The Morgan fingerprint density at radius 3 is 2.11 bits per heavy atom. The molecule has 1 N–H and O–H groups in total. The minimum absolute atomic E-state index is 0.495. The van der Waals surface area contributed by atoms with Crippen LogP contribution in [0.5, 0.6) is 0 Å². The number of hydrogen-bond acceptors (Lipinski definition) is 3. The number of nitrogens with one attached hydrogen (secondary N) is 1. The number of benzene rings is 1. The second-order valence-electron chi connectivity index (χ2n) is 4.28. The number of rotatable bonds is 4. The lowest BCUT2D eigenvalue weighted by atomic mass is 10.3. The second kappa shape index (κ2) is 6.01. The lowest BCUT2D eigenvalue weighted by molar-refractivity contribution is -0.115. The van der Waals surface area contributed by atoms with Crippen molar-refractivity contribution in [1.82, 2.24) is 0 Å². The van der Waals surface area contributed by atoms with Gasteiger partial charge in [-0.15, -0.1) is 0 Å². The highest BCUT2D eigenvalue weighted by molar-refractivity contribution is 14.1. The van der Waals surface area contributed by atoms with E-state index >= 15 is 0 Å². The smallest absolute Gasteiger partial charge is 0.242 e. The van der Waals surface area contributed by atoms with Gasteiger partial charge in [-0.05, 0) is 67.6 Å². The zero-order chi connectivity index (χ0) is 13.9. The first-order valence-electron chi connectivity index (χ1n) is 5.54. The van der Waals surface area contributed by atoms with Crippen molar-refractivity contribution in [3.8, 4) is 0 Å². The van der Waals surface area contributed by atoms with Crippen molar-refractivity contribution >= 4 is 44.0 Å². The van der Waals surface area contributed by atoms with Crippen LogP contribution >= 0.6 is 22.6 Å². The van der Waals surface area contributed by atoms with E-state index in [-0.39, 0.29) is 0 Å². The van der Waals surface area contributed by atoms with Gasteiger partial charge in [-0.25, -0.2) is 8.42 Å². The first kappa shape index (κ1) is 15.4. The summed E-state index contributed by atoms with van der Waals surface area (Å²) in [7, 11) is -3.42. The topological polar surface area (TPSA) is 63.2 Å². The van der Waals surface area contributed by atoms with Gasteiger partial charge in [0.25, 0.3) is 0 Å². The number of halogens is 1. The molecule has 0 saturated carbocycles. The van der Waals surface area contributed by atoms with Crippen LogP contribution in [0, 0.1) is 3.57 Å². The Bertz CT molecular complexity index is 523. The predicted octanol–water partition coefficient (Wildman–Crippen LogP) is 2.44. The fourth-order valence-electron chi connectivity index (χ4n) is 1.33. The zero-order valence-electron chi connectivity index (χ0n) is 10.5. The summed E-state index contributed by atoms with van der Waals surface area (Å²) in [5, 5.41) is 1.00. The standard InChI is InChI=1S/C12H16INO3S/c1-8(2)18(16,17)9(3)12(15)14-11-6-4-10(13)5-7-11/h4-9H,1-3H3,(H,14,15). The molecule has 1 atom stereocenters. The summed E-state index contributed by atoms with van der Waals surface area (Å²) in [6.07, 6.45) is 0. The molecule has 0 aromatic heterocycles. The van der Waals surface area contributed by atoms with Crippen LogP contribution in [0.25, 0.3) is 0 Å². The number of hydrogen-bond donors (Lipinski definition) is 1. The average Bonchev–Trinajstić information content (AvgIpc) is 2.30. The average molecular weight is 381 g/mol. The highest BCUT2D eigenvalue weighted by atomic mass is 127. The monoisotopic (exact) mass is 381 g/mol. The van der Waals surface area contributed by atoms with Crippen LogP contribution in [-0.2, 0) is 14.6 Å². The molecule has 0 aliphatic heterocycles. The highest BCUT2D eigenvalue weighted by Crippen LogP contribution is 2.14. The third-order valence-electron chi connectivity index (χ3n) is 2.63. The Morgan fingerprint density at radius 2 is 1.67 bits per heavy atom. The molecule has 0 saturated heterocycles. The Kier molecular flexibility index (Phi) is 5.15. The normalized spacial score (nSPS) is 13.4. The van der Waals surface area contributed by atoms with Crippen molar-refractivity contribution in [1.29, 1.82) is 0 Å². The van der Waals surface area contributed by atoms with Crippen molar-refractivity contribution < 1.29 is 13.2 Å². The maximum Gasteiger partial charge on any atom is 0.242 e. The zero-order valence-corrected chi connectivity index (χ0v) is 13.4. The van der Waals surface area contributed by atoms with Crippen LogP contribution < -0.4 is 5.32 Å². The minimum Gasteiger partial charge on any atom is -0.325 e. The molecule has 1 rings (SSSR count). The molecule has 0 radical (unpaired) electrons. The van der Waals surface area contributed by atoms with E-state index in [2.05, 4.69) is 27.9 Å². The number of sulfone groups is 1. The molecular formula is C12H16INO3S. The van der Waals surface area contributed by atoms with Crippen molar-refractivity contribution in [2.45, 2.75) is 31.3 Å². The van der Waals surface area contributed by atoms with E-state index in [0.717, 1.165) is 3.57 Å². The SMILES string of the molecule is CC(C)S(=O)(=O)C(C)C(=O)Nc1ccc(I)cc1. The summed E-state index contributed by atoms with van der Waals surface area (Å²) in [6.45, 7) is 4.56. The second-order valence-corrected chi connectivity index (χ2v) is 8.35. The molecule has 6 heteroatoms. The van der Waals surface area contributed by atoms with Gasteiger partial charge < -0.3 is 5.32 Å². The van der Waals surface area contributed by atoms with Crippen LogP contribution in [0.2, 0.25) is 0 Å². The van der Waals surface area contributed by atoms with E-state index in [4.69, 9.17) is 0 Å². The van der Waals surface area contributed by atoms with Gasteiger partial charge >= 0.3 is 0 Å². The Hall–Kier alpha value is -0.630. The number of carbonyl (C=O) groups excluding carboxylic acids is 1. The first-order valence-corrected chi connectivity index (χ1v) is 8.23. The molecule has 0 heterocycles. The van der Waals surface area contributed by atoms with Crippen molar-refractivity contribution in [3.63, 3.8) is 0 Å². The number of anilines is 1. The van der Waals surface area contributed by atoms with E-state index < -0.39 is 26.2 Å². The van der Waals surface area contributed by atoms with Crippen LogP contribution in [0.15, 0.2) is 24.3 Å². The lowest BCUT2D eigenvalue weighted by Gasteiger charge is -2.15. The minimum atomic E-state index is -3.42. The van der Waals surface area contributed by atoms with E-state index in [1.807, 2.05) is 12.1 Å². The van der Waals surface area contributed by atoms with Crippen molar-refractivity contribution in [2.24, 2.45) is 0 Å². The number of carbonyl (C=O) groups is 1. The van der Waals surface area contributed by atoms with Crippen LogP contribution in [0.3, 0.4) is 0 Å². The van der Waals surface area contributed by atoms with Crippen molar-refractivity contribution in [3.05, 3.63) is 27.8 Å². The van der Waals surface area contributed by atoms with Crippen LogP contribution in [0.4, 0.5) is 5.69 Å². The summed E-state index contributed by atoms with van der Waals surface area (Å²) in [5.74, 6) is -0.495. The molecule has 1 unspecified atom stereocenters. The summed E-state index contributed by atoms with van der Waals surface area (Å²) in [6, 6.07) is 7.18. The van der Waals surface area contributed by atoms with Gasteiger partial charge in [-0.2, -0.15) is 0 Å². The van der Waals surface area contributed by atoms with Gasteiger partial charge in [0.1, 0.15) is 5.25 Å². The first-order chi connectivity index (χ1) is 8.25. The molecule has 1 amide bonds. The van der Waals surface area contributed by atoms with Crippen LogP contribution in [-0.4, -0.2) is 24.8 Å². The van der Waals surface area contributed by atoms with E-state index in [9.17, 15) is 13.2 Å². The third kappa shape index (κ3) is 3.68. The molecular weight excluding hydrogens is 365 g/mol. The van der Waals surface area contributed by atoms with Gasteiger partial charge in [-0.1, -0.05) is 0 Å².